The van der Waals surface area contributed by atoms with Gasteiger partial charge in [-0.1, -0.05) is 27.2 Å². The van der Waals surface area contributed by atoms with Crippen molar-refractivity contribution in [3.05, 3.63) is 0 Å². The first-order valence-corrected chi connectivity index (χ1v) is 10.2. The number of rotatable bonds is 5. The molecule has 0 radical (unpaired) electrons. The van der Waals surface area contributed by atoms with Crippen LogP contribution in [-0.4, -0.2) is 83.7 Å². The Morgan fingerprint density at radius 1 is 1.04 bits per heavy atom. The predicted molar refractivity (Wildman–Crippen MR) is 100 cm³/mol. The van der Waals surface area contributed by atoms with E-state index in [1.807, 2.05) is 4.90 Å². The van der Waals surface area contributed by atoms with Gasteiger partial charge in [0.25, 0.3) is 5.91 Å². The summed E-state index contributed by atoms with van der Waals surface area (Å²) in [5.41, 5.74) is -1.11. The quantitative estimate of drug-likeness (QED) is 0.821. The number of carbonyl (C=O) groups excluding carboxylic acids is 1. The van der Waals surface area contributed by atoms with Gasteiger partial charge in [-0.25, -0.2) is 0 Å². The van der Waals surface area contributed by atoms with Gasteiger partial charge in [0.05, 0.1) is 0 Å². The van der Waals surface area contributed by atoms with Crippen LogP contribution in [0.2, 0.25) is 0 Å². The number of hydrogen-bond acceptors (Lipinski definition) is 4. The van der Waals surface area contributed by atoms with Crippen molar-refractivity contribution in [3.8, 4) is 0 Å². The van der Waals surface area contributed by atoms with Crippen LogP contribution in [0, 0.1) is 11.3 Å². The average Bonchev–Trinajstić information content (AvgIpc) is 2.48. The lowest BCUT2D eigenvalue weighted by Crippen LogP contribution is -2.61. The van der Waals surface area contributed by atoms with E-state index < -0.39 is 5.60 Å². The van der Waals surface area contributed by atoms with Crippen molar-refractivity contribution in [1.82, 2.24) is 14.7 Å². The molecule has 2 heterocycles. The van der Waals surface area contributed by atoms with Gasteiger partial charge in [-0.15, -0.1) is 0 Å². The van der Waals surface area contributed by atoms with Crippen molar-refractivity contribution in [3.63, 3.8) is 0 Å². The number of piperazine rings is 1. The number of piperidine rings is 1. The van der Waals surface area contributed by atoms with Crippen LogP contribution in [-0.2, 0) is 4.79 Å². The van der Waals surface area contributed by atoms with Crippen molar-refractivity contribution in [2.24, 2.45) is 11.3 Å². The van der Waals surface area contributed by atoms with Crippen molar-refractivity contribution >= 4 is 5.91 Å². The largest absolute Gasteiger partial charge is 0.379 e. The first kappa shape index (κ1) is 19.1. The molecule has 0 bridgehead atoms. The zero-order valence-electron chi connectivity index (χ0n) is 16.5. The summed E-state index contributed by atoms with van der Waals surface area (Å²) in [5.74, 6) is 0.868. The van der Waals surface area contributed by atoms with Crippen molar-refractivity contribution < 1.29 is 9.90 Å². The molecule has 0 spiro atoms. The van der Waals surface area contributed by atoms with Crippen molar-refractivity contribution in [2.45, 2.75) is 58.5 Å². The number of amides is 1. The van der Waals surface area contributed by atoms with Crippen molar-refractivity contribution in [1.29, 1.82) is 0 Å². The fourth-order valence-electron chi connectivity index (χ4n) is 4.48. The van der Waals surface area contributed by atoms with E-state index in [0.717, 1.165) is 51.6 Å². The van der Waals surface area contributed by atoms with Gasteiger partial charge in [0, 0.05) is 52.4 Å². The van der Waals surface area contributed by atoms with E-state index in [9.17, 15) is 9.90 Å². The van der Waals surface area contributed by atoms with Crippen LogP contribution >= 0.6 is 0 Å². The third-order valence-corrected chi connectivity index (χ3v) is 6.06. The lowest BCUT2D eigenvalue weighted by molar-refractivity contribution is -0.161. The van der Waals surface area contributed by atoms with Gasteiger partial charge in [0.1, 0.15) is 0 Å². The summed E-state index contributed by atoms with van der Waals surface area (Å²) in [7, 11) is 0. The smallest absolute Gasteiger partial charge is 0.255 e. The van der Waals surface area contributed by atoms with Gasteiger partial charge in [-0.3, -0.25) is 9.69 Å². The van der Waals surface area contributed by atoms with Gasteiger partial charge in [0.2, 0.25) is 0 Å². The minimum absolute atomic E-state index is 0.0504. The monoisotopic (exact) mass is 351 g/mol. The summed E-state index contributed by atoms with van der Waals surface area (Å²) < 4.78 is 0. The topological polar surface area (TPSA) is 47.0 Å². The Bertz CT molecular complexity index is 464. The summed E-state index contributed by atoms with van der Waals surface area (Å²) in [6.45, 7) is 13.8. The van der Waals surface area contributed by atoms with Crippen LogP contribution in [0.15, 0.2) is 0 Å². The van der Waals surface area contributed by atoms with E-state index in [-0.39, 0.29) is 11.3 Å². The van der Waals surface area contributed by atoms with Crippen LogP contribution in [0.4, 0.5) is 0 Å². The summed E-state index contributed by atoms with van der Waals surface area (Å²) >= 11 is 0. The number of aliphatic hydroxyl groups is 1. The zero-order chi connectivity index (χ0) is 18.1. The molecule has 0 aromatic heterocycles. The molecule has 0 aromatic rings. The molecule has 2 aliphatic heterocycles. The Morgan fingerprint density at radius 3 is 2.24 bits per heavy atom. The highest BCUT2D eigenvalue weighted by molar-refractivity contribution is 5.86. The maximum Gasteiger partial charge on any atom is 0.255 e. The minimum Gasteiger partial charge on any atom is -0.379 e. The highest BCUT2D eigenvalue weighted by atomic mass is 16.3. The fraction of sp³-hybridized carbons (Fsp3) is 0.950. The molecular formula is C20H37N3O2. The number of nitrogens with zero attached hydrogens (tertiary/aromatic N) is 3. The summed E-state index contributed by atoms with van der Waals surface area (Å²) in [6, 6.07) is 0. The molecule has 0 aromatic carbocycles. The van der Waals surface area contributed by atoms with Crippen LogP contribution in [0.25, 0.3) is 0 Å². The SMILES string of the molecule is CC(C)(C)CN1CCCC(O)(CN2CCN(CC3CCC3)CC2)C1=O. The van der Waals surface area contributed by atoms with E-state index in [1.165, 1.54) is 25.8 Å². The molecule has 3 rings (SSSR count). The molecule has 2 saturated heterocycles. The highest BCUT2D eigenvalue weighted by Gasteiger charge is 2.44. The second-order valence-electron chi connectivity index (χ2n) is 9.80. The highest BCUT2D eigenvalue weighted by Crippen LogP contribution is 2.29. The Hall–Kier alpha value is -0.650. The molecule has 1 N–H and O–H groups in total. The van der Waals surface area contributed by atoms with Crippen molar-refractivity contribution in [2.75, 3.05) is 52.4 Å². The number of likely N-dealkylation sites (tertiary alicyclic amines) is 1. The maximum atomic E-state index is 12.9. The number of hydrogen-bond donors (Lipinski definition) is 1. The first-order chi connectivity index (χ1) is 11.8. The molecular weight excluding hydrogens is 314 g/mol. The van der Waals surface area contributed by atoms with E-state index in [2.05, 4.69) is 30.6 Å². The molecule has 1 amide bonds. The lowest BCUT2D eigenvalue weighted by atomic mass is 9.85. The third-order valence-electron chi connectivity index (χ3n) is 6.06. The molecule has 5 heteroatoms. The molecule has 3 fully saturated rings. The van der Waals surface area contributed by atoms with Gasteiger partial charge in [-0.2, -0.15) is 0 Å². The molecule has 1 unspecified atom stereocenters. The second-order valence-corrected chi connectivity index (χ2v) is 9.80. The Kier molecular flexibility index (Phi) is 5.76. The Labute approximate surface area is 153 Å². The van der Waals surface area contributed by atoms with E-state index in [0.29, 0.717) is 13.0 Å². The van der Waals surface area contributed by atoms with E-state index in [1.54, 1.807) is 0 Å². The summed E-state index contributed by atoms with van der Waals surface area (Å²) in [4.78, 5) is 19.6. The third kappa shape index (κ3) is 4.95. The first-order valence-electron chi connectivity index (χ1n) is 10.2. The minimum atomic E-state index is -1.18. The van der Waals surface area contributed by atoms with Crippen LogP contribution < -0.4 is 0 Å². The second kappa shape index (κ2) is 7.53. The van der Waals surface area contributed by atoms with E-state index >= 15 is 0 Å². The molecule has 1 atom stereocenters. The standard InChI is InChI=1S/C20H37N3O2/c1-19(2,3)15-23-9-5-8-20(25,18(23)24)16-22-12-10-21(11-13-22)14-17-6-4-7-17/h17,25H,4-16H2,1-3H3. The fourth-order valence-corrected chi connectivity index (χ4v) is 4.48. The van der Waals surface area contributed by atoms with Crippen LogP contribution in [0.1, 0.15) is 52.9 Å². The van der Waals surface area contributed by atoms with Gasteiger partial charge >= 0.3 is 0 Å². The molecule has 5 nitrogen and oxygen atoms in total. The molecule has 144 valence electrons. The van der Waals surface area contributed by atoms with Gasteiger partial charge < -0.3 is 14.9 Å². The van der Waals surface area contributed by atoms with Gasteiger partial charge in [0.15, 0.2) is 5.60 Å². The predicted octanol–water partition coefficient (Wildman–Crippen LogP) is 1.80. The molecule has 1 saturated carbocycles. The summed E-state index contributed by atoms with van der Waals surface area (Å²) in [6.07, 6.45) is 5.72. The molecule has 25 heavy (non-hydrogen) atoms. The molecule has 3 aliphatic rings. The Balaban J connectivity index is 1.50. The maximum absolute atomic E-state index is 12.9. The van der Waals surface area contributed by atoms with Gasteiger partial charge in [-0.05, 0) is 37.0 Å². The number of β-amino-alcohol motifs (C(OH)–C–C–N with tert-alkyl or cyclic N) is 1. The van der Waals surface area contributed by atoms with Crippen LogP contribution in [0.3, 0.4) is 0 Å². The van der Waals surface area contributed by atoms with Crippen LogP contribution in [0.5, 0.6) is 0 Å². The molecule has 1 aliphatic carbocycles. The Morgan fingerprint density at radius 2 is 1.68 bits per heavy atom. The summed E-state index contributed by atoms with van der Waals surface area (Å²) in [5, 5.41) is 11.1. The average molecular weight is 352 g/mol. The van der Waals surface area contributed by atoms with E-state index in [4.69, 9.17) is 0 Å². The number of carbonyl (C=O) groups is 1. The zero-order valence-corrected chi connectivity index (χ0v) is 16.5. The normalized spacial score (nSPS) is 30.6. The lowest BCUT2D eigenvalue weighted by Gasteiger charge is -2.44.